The number of thiocarbonyl (C=S) groups is 1. The number of hydrogen-bond donors (Lipinski definition) is 3. The number of thiophene rings is 1. The molecule has 0 aliphatic rings. The number of nitrogens with one attached hydrogen (secondary N) is 2. The number of carbonyl (C=O) groups is 2. The van der Waals surface area contributed by atoms with E-state index in [0.29, 0.717) is 22.5 Å². The lowest BCUT2D eigenvalue weighted by atomic mass is 10.1. The highest BCUT2D eigenvalue weighted by atomic mass is 32.1. The molecule has 8 nitrogen and oxygen atoms in total. The van der Waals surface area contributed by atoms with Crippen LogP contribution in [0.15, 0.2) is 30.3 Å². The highest BCUT2D eigenvalue weighted by molar-refractivity contribution is 7.80. The van der Waals surface area contributed by atoms with Crippen molar-refractivity contribution in [2.45, 2.75) is 20.3 Å². The summed E-state index contributed by atoms with van der Waals surface area (Å²) >= 11 is 6.47. The average Bonchev–Trinajstić information content (AvgIpc) is 2.95. The van der Waals surface area contributed by atoms with E-state index >= 15 is 0 Å². The quantitative estimate of drug-likeness (QED) is 0.286. The monoisotopic (exact) mass is 418 g/mol. The molecular formula is C18H18N4O4S2. The topological polar surface area (TPSA) is 127 Å². The maximum absolute atomic E-state index is 12.0. The maximum atomic E-state index is 12.0. The van der Waals surface area contributed by atoms with Gasteiger partial charge in [-0.25, -0.2) is 0 Å². The van der Waals surface area contributed by atoms with Crippen LogP contribution in [0, 0.1) is 17.0 Å². The molecule has 0 aliphatic carbocycles. The summed E-state index contributed by atoms with van der Waals surface area (Å²) in [7, 11) is 0. The fourth-order valence-electron chi connectivity index (χ4n) is 2.52. The van der Waals surface area contributed by atoms with Gasteiger partial charge in [0.25, 0.3) is 11.6 Å². The molecule has 2 aromatic rings. The summed E-state index contributed by atoms with van der Waals surface area (Å²) in [5, 5.41) is 16.5. The summed E-state index contributed by atoms with van der Waals surface area (Å²) in [6.07, 6.45) is 3.40. The predicted octanol–water partition coefficient (Wildman–Crippen LogP) is 3.15. The van der Waals surface area contributed by atoms with Gasteiger partial charge in [0.05, 0.1) is 10.5 Å². The zero-order valence-electron chi connectivity index (χ0n) is 15.1. The number of non-ortho nitro benzene ring substituents is 1. The van der Waals surface area contributed by atoms with Gasteiger partial charge < -0.3 is 11.1 Å². The van der Waals surface area contributed by atoms with Crippen LogP contribution >= 0.6 is 23.6 Å². The number of anilines is 1. The Morgan fingerprint density at radius 1 is 1.32 bits per heavy atom. The second-order valence-electron chi connectivity index (χ2n) is 5.68. The standard InChI is InChI=1S/C18H18N4O4S2/c1-3-13-10(2)28-17(15(13)16(19)24)21-18(27)20-14(23)9-6-11-4-7-12(8-5-11)22(25)26/h4-9H,3H2,1-2H3,(H2,19,24)(H2,20,21,23,27)/b9-6+. The van der Waals surface area contributed by atoms with Gasteiger partial charge in [-0.15, -0.1) is 11.3 Å². The number of nitro benzene ring substituents is 1. The summed E-state index contributed by atoms with van der Waals surface area (Å²) in [6.45, 7) is 3.81. The highest BCUT2D eigenvalue weighted by Crippen LogP contribution is 2.33. The van der Waals surface area contributed by atoms with E-state index in [9.17, 15) is 19.7 Å². The lowest BCUT2D eigenvalue weighted by Gasteiger charge is -2.08. The minimum absolute atomic E-state index is 0.0322. The van der Waals surface area contributed by atoms with Gasteiger partial charge in [-0.2, -0.15) is 0 Å². The molecule has 0 atom stereocenters. The molecular weight excluding hydrogens is 400 g/mol. The van der Waals surface area contributed by atoms with Crippen LogP contribution in [-0.4, -0.2) is 21.9 Å². The molecule has 1 aromatic carbocycles. The van der Waals surface area contributed by atoms with Crippen molar-refractivity contribution < 1.29 is 14.5 Å². The molecule has 2 rings (SSSR count). The Labute approximate surface area is 170 Å². The number of carbonyl (C=O) groups excluding carboxylic acids is 2. The first-order valence-electron chi connectivity index (χ1n) is 8.19. The fourth-order valence-corrected chi connectivity index (χ4v) is 3.94. The number of rotatable bonds is 6. The van der Waals surface area contributed by atoms with E-state index < -0.39 is 16.7 Å². The van der Waals surface area contributed by atoms with Gasteiger partial charge in [-0.3, -0.25) is 25.0 Å². The van der Waals surface area contributed by atoms with Crippen molar-refractivity contribution in [3.05, 3.63) is 62.0 Å². The van der Waals surface area contributed by atoms with E-state index in [0.717, 1.165) is 10.4 Å². The Kier molecular flexibility index (Phi) is 6.96. The SMILES string of the molecule is CCc1c(C)sc(NC(=S)NC(=O)/C=C/c2ccc([N+](=O)[O-])cc2)c1C(N)=O. The third-order valence-corrected chi connectivity index (χ3v) is 5.07. The molecule has 4 N–H and O–H groups in total. The molecule has 0 bridgehead atoms. The van der Waals surface area contributed by atoms with E-state index in [2.05, 4.69) is 10.6 Å². The first kappa shape index (κ1) is 21.2. The number of aryl methyl sites for hydroxylation is 1. The Balaban J connectivity index is 2.02. The Hall–Kier alpha value is -3.11. The summed E-state index contributed by atoms with van der Waals surface area (Å²) in [4.78, 5) is 34.8. The van der Waals surface area contributed by atoms with Crippen LogP contribution in [0.1, 0.15) is 33.3 Å². The maximum Gasteiger partial charge on any atom is 0.269 e. The van der Waals surface area contributed by atoms with Crippen LogP contribution in [0.4, 0.5) is 10.7 Å². The predicted molar refractivity (Wildman–Crippen MR) is 113 cm³/mol. The summed E-state index contributed by atoms with van der Waals surface area (Å²) in [5.74, 6) is -1.05. The highest BCUT2D eigenvalue weighted by Gasteiger charge is 2.19. The van der Waals surface area contributed by atoms with E-state index in [4.69, 9.17) is 18.0 Å². The van der Waals surface area contributed by atoms with Crippen molar-refractivity contribution >= 4 is 57.2 Å². The number of benzene rings is 1. The van der Waals surface area contributed by atoms with Crippen molar-refractivity contribution in [3.8, 4) is 0 Å². The van der Waals surface area contributed by atoms with Gasteiger partial charge >= 0.3 is 0 Å². The molecule has 0 aliphatic heterocycles. The normalized spacial score (nSPS) is 10.6. The Morgan fingerprint density at radius 2 is 1.96 bits per heavy atom. The van der Waals surface area contributed by atoms with Gasteiger partial charge in [-0.05, 0) is 54.9 Å². The van der Waals surface area contributed by atoms with Gasteiger partial charge in [0.1, 0.15) is 5.00 Å². The Morgan fingerprint density at radius 3 is 2.50 bits per heavy atom. The third-order valence-electron chi connectivity index (χ3n) is 3.80. The summed E-state index contributed by atoms with van der Waals surface area (Å²) in [6, 6.07) is 5.75. The molecule has 146 valence electrons. The van der Waals surface area contributed by atoms with Crippen molar-refractivity contribution in [2.75, 3.05) is 5.32 Å². The van der Waals surface area contributed by atoms with Gasteiger partial charge in [0, 0.05) is 23.1 Å². The number of hydrogen-bond acceptors (Lipinski definition) is 6. The van der Waals surface area contributed by atoms with Crippen molar-refractivity contribution in [2.24, 2.45) is 5.73 Å². The summed E-state index contributed by atoms with van der Waals surface area (Å²) in [5.41, 5.74) is 7.29. The van der Waals surface area contributed by atoms with Gasteiger partial charge in [0.2, 0.25) is 5.91 Å². The molecule has 0 unspecified atom stereocenters. The molecule has 0 fully saturated rings. The molecule has 0 saturated heterocycles. The molecule has 2 amide bonds. The molecule has 1 heterocycles. The second-order valence-corrected chi connectivity index (χ2v) is 7.32. The summed E-state index contributed by atoms with van der Waals surface area (Å²) < 4.78 is 0. The smallest absolute Gasteiger partial charge is 0.269 e. The zero-order valence-corrected chi connectivity index (χ0v) is 16.8. The first-order chi connectivity index (χ1) is 13.2. The molecule has 1 aromatic heterocycles. The molecule has 28 heavy (non-hydrogen) atoms. The fraction of sp³-hybridized carbons (Fsp3) is 0.167. The minimum atomic E-state index is -0.559. The molecule has 0 radical (unpaired) electrons. The van der Waals surface area contributed by atoms with E-state index in [1.165, 1.54) is 47.8 Å². The molecule has 10 heteroatoms. The molecule has 0 saturated carbocycles. The number of nitrogens with two attached hydrogens (primary N) is 1. The third kappa shape index (κ3) is 5.21. The number of nitro groups is 1. The number of primary amides is 1. The van der Waals surface area contributed by atoms with Crippen LogP contribution < -0.4 is 16.4 Å². The van der Waals surface area contributed by atoms with E-state index in [1.807, 2.05) is 13.8 Å². The number of nitrogens with zero attached hydrogens (tertiary/aromatic N) is 1. The van der Waals surface area contributed by atoms with Gasteiger partial charge in [0.15, 0.2) is 5.11 Å². The van der Waals surface area contributed by atoms with Gasteiger partial charge in [-0.1, -0.05) is 6.92 Å². The average molecular weight is 419 g/mol. The van der Waals surface area contributed by atoms with Crippen molar-refractivity contribution in [3.63, 3.8) is 0 Å². The van der Waals surface area contributed by atoms with E-state index in [1.54, 1.807) is 0 Å². The largest absolute Gasteiger partial charge is 0.365 e. The van der Waals surface area contributed by atoms with Crippen LogP contribution in [0.3, 0.4) is 0 Å². The second kappa shape index (κ2) is 9.20. The van der Waals surface area contributed by atoms with Crippen LogP contribution in [0.25, 0.3) is 6.08 Å². The lowest BCUT2D eigenvalue weighted by molar-refractivity contribution is -0.384. The van der Waals surface area contributed by atoms with Crippen molar-refractivity contribution in [1.82, 2.24) is 5.32 Å². The first-order valence-corrected chi connectivity index (χ1v) is 9.42. The lowest BCUT2D eigenvalue weighted by Crippen LogP contribution is -2.33. The number of amides is 2. The minimum Gasteiger partial charge on any atom is -0.365 e. The van der Waals surface area contributed by atoms with Crippen LogP contribution in [-0.2, 0) is 11.2 Å². The van der Waals surface area contributed by atoms with Crippen LogP contribution in [0.5, 0.6) is 0 Å². The van der Waals surface area contributed by atoms with E-state index in [-0.39, 0.29) is 10.8 Å². The van der Waals surface area contributed by atoms with Crippen molar-refractivity contribution in [1.29, 1.82) is 0 Å². The molecule has 0 spiro atoms. The van der Waals surface area contributed by atoms with Crippen LogP contribution in [0.2, 0.25) is 0 Å². The zero-order chi connectivity index (χ0) is 20.8. The Bertz CT molecular complexity index is 965.